The van der Waals surface area contributed by atoms with Gasteiger partial charge in [-0.2, -0.15) is 0 Å². The van der Waals surface area contributed by atoms with Crippen LogP contribution in [-0.2, 0) is 17.6 Å². The quantitative estimate of drug-likeness (QED) is 0.487. The molecule has 1 atom stereocenters. The van der Waals surface area contributed by atoms with Gasteiger partial charge in [0.25, 0.3) is 0 Å². The molecule has 1 unspecified atom stereocenters. The van der Waals surface area contributed by atoms with Crippen LogP contribution in [0.2, 0.25) is 0 Å². The van der Waals surface area contributed by atoms with E-state index in [1.165, 1.54) is 16.9 Å². The number of benzene rings is 1. The highest BCUT2D eigenvalue weighted by molar-refractivity contribution is 7.13. The van der Waals surface area contributed by atoms with E-state index in [9.17, 15) is 9.90 Å². The third-order valence-corrected chi connectivity index (χ3v) is 5.21. The number of rotatable bonds is 9. The largest absolute Gasteiger partial charge is 0.387 e. The number of nitrogens with one attached hydrogen (secondary N) is 2. The van der Waals surface area contributed by atoms with Crippen LogP contribution in [0.1, 0.15) is 24.1 Å². The smallest absolute Gasteiger partial charge is 0.230 e. The Morgan fingerprint density at radius 3 is 2.79 bits per heavy atom. The highest BCUT2D eigenvalue weighted by Crippen LogP contribution is 2.14. The second kappa shape index (κ2) is 10.2. The second-order valence-corrected chi connectivity index (χ2v) is 7.64. The number of hydrogen-bond acceptors (Lipinski definition) is 6. The molecule has 0 radical (unpaired) electrons. The van der Waals surface area contributed by atoms with Gasteiger partial charge in [-0.3, -0.25) is 4.79 Å². The zero-order valence-electron chi connectivity index (χ0n) is 15.7. The molecule has 5 N–H and O–H groups in total. The van der Waals surface area contributed by atoms with Gasteiger partial charge in [0.05, 0.1) is 18.2 Å². The molecule has 1 amide bonds. The number of carbonyl (C=O) groups excluding carboxylic acids is 1. The number of aliphatic hydroxyl groups is 1. The lowest BCUT2D eigenvalue weighted by Crippen LogP contribution is -2.29. The van der Waals surface area contributed by atoms with E-state index in [-0.39, 0.29) is 12.3 Å². The summed E-state index contributed by atoms with van der Waals surface area (Å²) in [5, 5.41) is 18.6. The van der Waals surface area contributed by atoms with Crippen LogP contribution in [0.3, 0.4) is 0 Å². The molecular weight excluding hydrogens is 372 g/mol. The molecular formula is C21H26N4O2S. The summed E-state index contributed by atoms with van der Waals surface area (Å²) >= 11 is 1.33. The number of allylic oxidation sites excluding steroid dienone is 2. The van der Waals surface area contributed by atoms with Crippen molar-refractivity contribution in [3.63, 3.8) is 0 Å². The van der Waals surface area contributed by atoms with Crippen LogP contribution in [0.25, 0.3) is 0 Å². The van der Waals surface area contributed by atoms with Gasteiger partial charge < -0.3 is 21.5 Å². The van der Waals surface area contributed by atoms with Crippen LogP contribution in [0.4, 0.5) is 10.8 Å². The van der Waals surface area contributed by atoms with Crippen molar-refractivity contribution >= 4 is 28.1 Å². The Hall–Kier alpha value is -2.48. The average molecular weight is 399 g/mol. The Labute approximate surface area is 169 Å². The molecule has 0 fully saturated rings. The molecule has 0 aliphatic heterocycles. The molecule has 1 aromatic carbocycles. The number of aromatic nitrogens is 1. The number of nitrogens with two attached hydrogens (primary N) is 1. The molecule has 2 aromatic rings. The third kappa shape index (κ3) is 6.30. The van der Waals surface area contributed by atoms with Gasteiger partial charge in [-0.1, -0.05) is 30.4 Å². The summed E-state index contributed by atoms with van der Waals surface area (Å²) < 4.78 is 0. The molecule has 1 aliphatic rings. The number of hydrogen-bond donors (Lipinski definition) is 4. The van der Waals surface area contributed by atoms with Crippen LogP contribution in [0, 0.1) is 0 Å². The minimum atomic E-state index is -0.456. The van der Waals surface area contributed by atoms with Crippen molar-refractivity contribution in [3.8, 4) is 0 Å². The SMILES string of the molecule is Nc1nc(CC(=O)Nc2ccc(CCNCC(O)C3=CCCC=C3)cc2)cs1. The van der Waals surface area contributed by atoms with Crippen LogP contribution in [-0.4, -0.2) is 35.2 Å². The van der Waals surface area contributed by atoms with E-state index in [1.807, 2.05) is 30.3 Å². The van der Waals surface area contributed by atoms with Gasteiger partial charge >= 0.3 is 0 Å². The van der Waals surface area contributed by atoms with Gasteiger partial charge in [-0.15, -0.1) is 11.3 Å². The van der Waals surface area contributed by atoms with Gasteiger partial charge in [0.1, 0.15) is 0 Å². The summed E-state index contributed by atoms with van der Waals surface area (Å²) in [5.74, 6) is -0.111. The van der Waals surface area contributed by atoms with Crippen LogP contribution < -0.4 is 16.4 Å². The molecule has 3 rings (SSSR count). The molecule has 28 heavy (non-hydrogen) atoms. The summed E-state index contributed by atoms with van der Waals surface area (Å²) in [6, 6.07) is 7.80. The molecule has 6 nitrogen and oxygen atoms in total. The highest BCUT2D eigenvalue weighted by atomic mass is 32.1. The summed E-state index contributed by atoms with van der Waals surface area (Å²) in [6.07, 6.45) is 8.88. The van der Waals surface area contributed by atoms with E-state index in [2.05, 4.69) is 27.8 Å². The lowest BCUT2D eigenvalue weighted by atomic mass is 10.0. The summed E-state index contributed by atoms with van der Waals surface area (Å²) in [6.45, 7) is 1.33. The number of amides is 1. The topological polar surface area (TPSA) is 100 Å². The van der Waals surface area contributed by atoms with E-state index < -0.39 is 6.10 Å². The van der Waals surface area contributed by atoms with Gasteiger partial charge in [0.15, 0.2) is 5.13 Å². The maximum absolute atomic E-state index is 12.1. The van der Waals surface area contributed by atoms with Gasteiger partial charge in [0, 0.05) is 17.6 Å². The third-order valence-electron chi connectivity index (χ3n) is 4.49. The predicted octanol–water partition coefficient (Wildman–Crippen LogP) is 2.68. The molecule has 0 bridgehead atoms. The zero-order valence-corrected chi connectivity index (χ0v) is 16.5. The van der Waals surface area contributed by atoms with Crippen LogP contribution in [0.5, 0.6) is 0 Å². The van der Waals surface area contributed by atoms with E-state index >= 15 is 0 Å². The Balaban J connectivity index is 1.37. The van der Waals surface area contributed by atoms with Crippen molar-refractivity contribution in [2.24, 2.45) is 0 Å². The Morgan fingerprint density at radius 2 is 2.11 bits per heavy atom. The number of aliphatic hydroxyl groups excluding tert-OH is 1. The Morgan fingerprint density at radius 1 is 1.29 bits per heavy atom. The number of carbonyl (C=O) groups is 1. The first kappa shape index (κ1) is 20.3. The van der Waals surface area contributed by atoms with Crippen molar-refractivity contribution in [2.75, 3.05) is 24.1 Å². The fourth-order valence-corrected chi connectivity index (χ4v) is 3.56. The Bertz CT molecular complexity index is 842. The first-order chi connectivity index (χ1) is 13.6. The standard InChI is InChI=1S/C21H26N4O2S/c22-21-25-18(14-28-21)12-20(27)24-17-8-6-15(7-9-17)10-11-23-13-19(26)16-4-2-1-3-5-16/h2,4-9,14,19,23,26H,1,3,10-13H2,(H2,22,25)(H,24,27). The van der Waals surface area contributed by atoms with Crippen molar-refractivity contribution in [1.29, 1.82) is 0 Å². The Kier molecular flexibility index (Phi) is 7.36. The van der Waals surface area contributed by atoms with Crippen molar-refractivity contribution in [2.45, 2.75) is 31.8 Å². The fraction of sp³-hybridized carbons (Fsp3) is 0.333. The fourth-order valence-electron chi connectivity index (χ4n) is 3.00. The van der Waals surface area contributed by atoms with Gasteiger partial charge in [0.2, 0.25) is 5.91 Å². The molecule has 7 heteroatoms. The summed E-state index contributed by atoms with van der Waals surface area (Å²) in [4.78, 5) is 16.1. The minimum Gasteiger partial charge on any atom is -0.387 e. The van der Waals surface area contributed by atoms with Crippen LogP contribution >= 0.6 is 11.3 Å². The zero-order chi connectivity index (χ0) is 19.8. The molecule has 1 aromatic heterocycles. The van der Waals surface area contributed by atoms with E-state index in [0.29, 0.717) is 17.4 Å². The van der Waals surface area contributed by atoms with Gasteiger partial charge in [-0.25, -0.2) is 4.98 Å². The predicted molar refractivity (Wildman–Crippen MR) is 114 cm³/mol. The highest BCUT2D eigenvalue weighted by Gasteiger charge is 2.09. The first-order valence-electron chi connectivity index (χ1n) is 9.44. The van der Waals surface area contributed by atoms with E-state index in [4.69, 9.17) is 5.73 Å². The van der Waals surface area contributed by atoms with E-state index in [1.54, 1.807) is 5.38 Å². The summed E-state index contributed by atoms with van der Waals surface area (Å²) in [5.41, 5.74) is 9.19. The maximum atomic E-state index is 12.1. The lowest BCUT2D eigenvalue weighted by Gasteiger charge is -2.15. The molecule has 1 aliphatic carbocycles. The van der Waals surface area contributed by atoms with Gasteiger partial charge in [-0.05, 0) is 49.1 Å². The molecule has 0 saturated carbocycles. The normalized spacial score (nSPS) is 14.5. The number of thiazole rings is 1. The maximum Gasteiger partial charge on any atom is 0.230 e. The molecule has 1 heterocycles. The monoisotopic (exact) mass is 398 g/mol. The second-order valence-electron chi connectivity index (χ2n) is 6.75. The minimum absolute atomic E-state index is 0.111. The van der Waals surface area contributed by atoms with Crippen molar-refractivity contribution in [1.82, 2.24) is 10.3 Å². The number of nitrogens with zero attached hydrogens (tertiary/aromatic N) is 1. The van der Waals surface area contributed by atoms with Crippen molar-refractivity contribution < 1.29 is 9.90 Å². The number of nitrogen functional groups attached to an aromatic ring is 1. The average Bonchev–Trinajstić information content (AvgIpc) is 3.11. The molecule has 148 valence electrons. The number of anilines is 2. The molecule has 0 spiro atoms. The molecule has 0 saturated heterocycles. The summed E-state index contributed by atoms with van der Waals surface area (Å²) in [7, 11) is 0. The first-order valence-corrected chi connectivity index (χ1v) is 10.3. The van der Waals surface area contributed by atoms with E-state index in [0.717, 1.165) is 37.1 Å². The lowest BCUT2D eigenvalue weighted by molar-refractivity contribution is -0.115. The van der Waals surface area contributed by atoms with Crippen LogP contribution in [0.15, 0.2) is 53.4 Å². The van der Waals surface area contributed by atoms with Crippen molar-refractivity contribution in [3.05, 3.63) is 64.7 Å².